The molecule has 0 aliphatic heterocycles. The zero-order valence-electron chi connectivity index (χ0n) is 7.07. The highest BCUT2D eigenvalue weighted by Gasteiger charge is 2.11. The molecule has 0 saturated carbocycles. The van der Waals surface area contributed by atoms with Crippen molar-refractivity contribution < 1.29 is 4.42 Å². The molecule has 1 aromatic heterocycles. The summed E-state index contributed by atoms with van der Waals surface area (Å²) in [5.41, 5.74) is 1.31. The average molecular weight is 176 g/mol. The standard InChI is InChI=1S/C9H8N2O2/c1-10-8-6-4-2-3-5-7(6)13-9(8)11-12/h2-5,10H,1H3. The zero-order valence-corrected chi connectivity index (χ0v) is 7.07. The minimum atomic E-state index is 0.101. The average Bonchev–Trinajstić information content (AvgIpc) is 2.55. The lowest BCUT2D eigenvalue weighted by Crippen LogP contribution is -1.84. The van der Waals surface area contributed by atoms with Crippen LogP contribution < -0.4 is 5.32 Å². The van der Waals surface area contributed by atoms with Gasteiger partial charge in [0.1, 0.15) is 11.3 Å². The fourth-order valence-electron chi connectivity index (χ4n) is 1.34. The van der Waals surface area contributed by atoms with Crippen LogP contribution >= 0.6 is 0 Å². The van der Waals surface area contributed by atoms with Gasteiger partial charge in [0.05, 0.1) is 0 Å². The number of fused-ring (bicyclic) bond motifs is 1. The third kappa shape index (κ3) is 1.07. The SMILES string of the molecule is CNc1c(N=O)oc2ccccc12. The van der Waals surface area contributed by atoms with Crippen LogP contribution in [-0.4, -0.2) is 7.05 Å². The highest BCUT2D eigenvalue weighted by atomic mass is 16.4. The number of hydrogen-bond acceptors (Lipinski definition) is 4. The van der Waals surface area contributed by atoms with Crippen LogP contribution in [0.5, 0.6) is 0 Å². The van der Waals surface area contributed by atoms with Gasteiger partial charge in [0.2, 0.25) is 0 Å². The van der Waals surface area contributed by atoms with E-state index in [4.69, 9.17) is 4.42 Å². The molecule has 0 spiro atoms. The van der Waals surface area contributed by atoms with Crippen LogP contribution in [-0.2, 0) is 0 Å². The first kappa shape index (κ1) is 7.79. The zero-order chi connectivity index (χ0) is 9.26. The summed E-state index contributed by atoms with van der Waals surface area (Å²) in [6.45, 7) is 0. The van der Waals surface area contributed by atoms with E-state index in [1.807, 2.05) is 18.2 Å². The Labute approximate surface area is 74.5 Å². The Hall–Kier alpha value is -1.84. The van der Waals surface area contributed by atoms with E-state index in [-0.39, 0.29) is 5.88 Å². The predicted molar refractivity (Wildman–Crippen MR) is 51.2 cm³/mol. The minimum Gasteiger partial charge on any atom is -0.434 e. The third-order valence-electron chi connectivity index (χ3n) is 1.91. The predicted octanol–water partition coefficient (Wildman–Crippen LogP) is 2.87. The summed E-state index contributed by atoms with van der Waals surface area (Å²) in [5, 5.41) is 6.56. The topological polar surface area (TPSA) is 54.6 Å². The second-order valence-electron chi connectivity index (χ2n) is 2.62. The summed E-state index contributed by atoms with van der Waals surface area (Å²) in [6.07, 6.45) is 0. The van der Waals surface area contributed by atoms with E-state index < -0.39 is 0 Å². The van der Waals surface area contributed by atoms with Gasteiger partial charge < -0.3 is 9.73 Å². The number of para-hydroxylation sites is 1. The summed E-state index contributed by atoms with van der Waals surface area (Å²) in [4.78, 5) is 10.4. The molecule has 2 rings (SSSR count). The van der Waals surface area contributed by atoms with Crippen LogP contribution in [0, 0.1) is 4.91 Å². The van der Waals surface area contributed by atoms with E-state index in [0.29, 0.717) is 11.3 Å². The Balaban J connectivity index is 2.81. The van der Waals surface area contributed by atoms with Crippen LogP contribution in [0.3, 0.4) is 0 Å². The number of nitrogens with zero attached hydrogens (tertiary/aromatic N) is 1. The molecule has 2 aromatic rings. The van der Waals surface area contributed by atoms with E-state index in [1.165, 1.54) is 0 Å². The number of nitroso groups, excluding NO2 is 1. The minimum absolute atomic E-state index is 0.101. The number of rotatable bonds is 2. The van der Waals surface area contributed by atoms with Crippen LogP contribution in [0.2, 0.25) is 0 Å². The molecule has 1 heterocycles. The van der Waals surface area contributed by atoms with E-state index >= 15 is 0 Å². The van der Waals surface area contributed by atoms with E-state index in [1.54, 1.807) is 13.1 Å². The monoisotopic (exact) mass is 176 g/mol. The molecule has 0 bridgehead atoms. The van der Waals surface area contributed by atoms with Gasteiger partial charge in [-0.25, -0.2) is 0 Å². The highest BCUT2D eigenvalue weighted by Crippen LogP contribution is 2.36. The maximum atomic E-state index is 10.4. The summed E-state index contributed by atoms with van der Waals surface area (Å²) in [5.74, 6) is 0.101. The Bertz CT molecular complexity index is 448. The molecule has 1 aromatic carbocycles. The molecule has 4 nitrogen and oxygen atoms in total. The Kier molecular flexibility index (Phi) is 1.73. The Morgan fingerprint density at radius 2 is 2.15 bits per heavy atom. The van der Waals surface area contributed by atoms with Gasteiger partial charge in [-0.3, -0.25) is 0 Å². The smallest absolute Gasteiger partial charge is 0.285 e. The van der Waals surface area contributed by atoms with Crippen molar-refractivity contribution in [2.75, 3.05) is 12.4 Å². The van der Waals surface area contributed by atoms with Crippen molar-refractivity contribution in [1.82, 2.24) is 0 Å². The highest BCUT2D eigenvalue weighted by molar-refractivity contribution is 5.96. The van der Waals surface area contributed by atoms with E-state index in [9.17, 15) is 4.91 Å². The molecule has 0 atom stereocenters. The summed E-state index contributed by atoms with van der Waals surface area (Å²) >= 11 is 0. The first-order valence-electron chi connectivity index (χ1n) is 3.89. The van der Waals surface area contributed by atoms with Crippen molar-refractivity contribution in [2.45, 2.75) is 0 Å². The van der Waals surface area contributed by atoms with Crippen LogP contribution in [0.4, 0.5) is 11.6 Å². The second kappa shape index (κ2) is 2.90. The molecule has 0 radical (unpaired) electrons. The number of benzene rings is 1. The number of anilines is 1. The molecule has 4 heteroatoms. The lowest BCUT2D eigenvalue weighted by molar-refractivity contribution is 0.625. The number of furan rings is 1. The summed E-state index contributed by atoms with van der Waals surface area (Å²) in [7, 11) is 1.73. The van der Waals surface area contributed by atoms with Gasteiger partial charge in [-0.15, -0.1) is 4.91 Å². The molecule has 0 aliphatic carbocycles. The van der Waals surface area contributed by atoms with Crippen LogP contribution in [0.25, 0.3) is 11.0 Å². The van der Waals surface area contributed by atoms with Crippen molar-refractivity contribution >= 4 is 22.5 Å². The molecule has 13 heavy (non-hydrogen) atoms. The molecule has 66 valence electrons. The molecular weight excluding hydrogens is 168 g/mol. The van der Waals surface area contributed by atoms with Crippen molar-refractivity contribution in [3.05, 3.63) is 29.2 Å². The Morgan fingerprint density at radius 1 is 1.38 bits per heavy atom. The molecule has 1 N–H and O–H groups in total. The molecule has 0 fully saturated rings. The van der Waals surface area contributed by atoms with Gasteiger partial charge in [0, 0.05) is 17.6 Å². The van der Waals surface area contributed by atoms with Crippen molar-refractivity contribution in [2.24, 2.45) is 5.18 Å². The molecule has 0 unspecified atom stereocenters. The van der Waals surface area contributed by atoms with Gasteiger partial charge in [0.25, 0.3) is 5.88 Å². The fraction of sp³-hybridized carbons (Fsp3) is 0.111. The molecule has 0 amide bonds. The molecular formula is C9H8N2O2. The maximum Gasteiger partial charge on any atom is 0.285 e. The number of hydrogen-bond donors (Lipinski definition) is 1. The van der Waals surface area contributed by atoms with Crippen LogP contribution in [0.15, 0.2) is 33.9 Å². The van der Waals surface area contributed by atoms with Crippen molar-refractivity contribution in [1.29, 1.82) is 0 Å². The van der Waals surface area contributed by atoms with Gasteiger partial charge in [-0.05, 0) is 12.1 Å². The fourth-order valence-corrected chi connectivity index (χ4v) is 1.34. The third-order valence-corrected chi connectivity index (χ3v) is 1.91. The van der Waals surface area contributed by atoms with Gasteiger partial charge in [0.15, 0.2) is 0 Å². The van der Waals surface area contributed by atoms with Crippen LogP contribution in [0.1, 0.15) is 0 Å². The Morgan fingerprint density at radius 3 is 2.85 bits per heavy atom. The first-order chi connectivity index (χ1) is 6.36. The normalized spacial score (nSPS) is 10.2. The quantitative estimate of drug-likeness (QED) is 0.715. The summed E-state index contributed by atoms with van der Waals surface area (Å²) < 4.78 is 5.20. The van der Waals surface area contributed by atoms with Gasteiger partial charge in [-0.1, -0.05) is 12.1 Å². The lowest BCUT2D eigenvalue weighted by atomic mass is 10.2. The molecule has 0 aliphatic rings. The van der Waals surface area contributed by atoms with Gasteiger partial charge in [-0.2, -0.15) is 0 Å². The van der Waals surface area contributed by atoms with E-state index in [2.05, 4.69) is 10.5 Å². The van der Waals surface area contributed by atoms with Crippen molar-refractivity contribution in [3.8, 4) is 0 Å². The summed E-state index contributed by atoms with van der Waals surface area (Å²) in [6, 6.07) is 7.40. The first-order valence-corrected chi connectivity index (χ1v) is 3.89. The lowest BCUT2D eigenvalue weighted by Gasteiger charge is -1.93. The maximum absolute atomic E-state index is 10.4. The number of nitrogens with one attached hydrogen (secondary N) is 1. The molecule has 0 saturated heterocycles. The largest absolute Gasteiger partial charge is 0.434 e. The van der Waals surface area contributed by atoms with E-state index in [0.717, 1.165) is 5.39 Å². The van der Waals surface area contributed by atoms with Crippen molar-refractivity contribution in [3.63, 3.8) is 0 Å². The second-order valence-corrected chi connectivity index (χ2v) is 2.62. The van der Waals surface area contributed by atoms with Gasteiger partial charge >= 0.3 is 0 Å².